The van der Waals surface area contributed by atoms with Gasteiger partial charge in [0, 0.05) is 18.9 Å². The lowest BCUT2D eigenvalue weighted by Gasteiger charge is -2.16. The van der Waals surface area contributed by atoms with Crippen molar-refractivity contribution in [3.05, 3.63) is 30.0 Å². The van der Waals surface area contributed by atoms with Crippen LogP contribution >= 0.6 is 0 Å². The number of carbonyl (C=O) groups is 1. The third-order valence-corrected chi connectivity index (χ3v) is 4.61. The normalized spacial score (nSPS) is 15.9. The molecule has 1 aromatic carbocycles. The number of para-hydroxylation sites is 2. The number of ether oxygens (including phenoxy) is 1. The topological polar surface area (TPSA) is 64.1 Å². The van der Waals surface area contributed by atoms with Crippen molar-refractivity contribution in [2.75, 3.05) is 7.11 Å². The first kappa shape index (κ1) is 16.7. The number of benzene rings is 1. The molecule has 5 nitrogen and oxygen atoms in total. The fraction of sp³-hybridized carbons (Fsp3) is 0.526. The van der Waals surface area contributed by atoms with E-state index >= 15 is 0 Å². The smallest absolute Gasteiger partial charge is 0.235 e. The molecule has 1 aliphatic rings. The summed E-state index contributed by atoms with van der Waals surface area (Å²) in [5.74, 6) is 0.606. The minimum Gasteiger partial charge on any atom is -0.480 e. The van der Waals surface area contributed by atoms with E-state index in [9.17, 15) is 4.79 Å². The second-order valence-corrected chi connectivity index (χ2v) is 6.42. The van der Waals surface area contributed by atoms with Gasteiger partial charge in [0.2, 0.25) is 11.8 Å². The van der Waals surface area contributed by atoms with Crippen LogP contribution in [0.5, 0.6) is 5.88 Å². The maximum absolute atomic E-state index is 12.3. The predicted octanol–water partition coefficient (Wildman–Crippen LogP) is 3.41. The SMILES string of the molecule is COc1nc2ccccc2nc1CCC(=O)NC1CCCCCC1. The van der Waals surface area contributed by atoms with E-state index in [0.717, 1.165) is 29.6 Å². The summed E-state index contributed by atoms with van der Waals surface area (Å²) in [6.45, 7) is 0. The summed E-state index contributed by atoms with van der Waals surface area (Å²) < 4.78 is 5.35. The van der Waals surface area contributed by atoms with Crippen LogP contribution in [0, 0.1) is 0 Å². The van der Waals surface area contributed by atoms with E-state index in [4.69, 9.17) is 4.74 Å². The van der Waals surface area contributed by atoms with Gasteiger partial charge in [-0.25, -0.2) is 9.97 Å². The molecule has 0 saturated heterocycles. The number of hydrogen-bond acceptors (Lipinski definition) is 4. The first-order valence-electron chi connectivity index (χ1n) is 8.85. The molecule has 1 aromatic heterocycles. The van der Waals surface area contributed by atoms with E-state index in [2.05, 4.69) is 15.3 Å². The summed E-state index contributed by atoms with van der Waals surface area (Å²) in [7, 11) is 1.59. The predicted molar refractivity (Wildman–Crippen MR) is 94.0 cm³/mol. The van der Waals surface area contributed by atoms with Gasteiger partial charge in [-0.05, 0) is 25.0 Å². The van der Waals surface area contributed by atoms with Crippen LogP contribution in [0.4, 0.5) is 0 Å². The Bertz CT molecular complexity index is 694. The lowest BCUT2D eigenvalue weighted by molar-refractivity contribution is -0.121. The zero-order valence-electron chi connectivity index (χ0n) is 14.3. The van der Waals surface area contributed by atoms with Crippen LogP contribution in [0.25, 0.3) is 11.0 Å². The summed E-state index contributed by atoms with van der Waals surface area (Å²) >= 11 is 0. The minimum absolute atomic E-state index is 0.0962. The molecule has 0 radical (unpaired) electrons. The molecular weight excluding hydrogens is 302 g/mol. The Hall–Kier alpha value is -2.17. The number of nitrogens with one attached hydrogen (secondary N) is 1. The van der Waals surface area contributed by atoms with E-state index in [0.29, 0.717) is 24.8 Å². The fourth-order valence-electron chi connectivity index (χ4n) is 3.30. The van der Waals surface area contributed by atoms with Crippen LogP contribution in [0.2, 0.25) is 0 Å². The van der Waals surface area contributed by atoms with Gasteiger partial charge in [-0.15, -0.1) is 0 Å². The summed E-state index contributed by atoms with van der Waals surface area (Å²) in [6.07, 6.45) is 8.17. The van der Waals surface area contributed by atoms with Gasteiger partial charge in [0.15, 0.2) is 0 Å². The summed E-state index contributed by atoms with van der Waals surface area (Å²) in [4.78, 5) is 21.4. The molecule has 2 aromatic rings. The molecular formula is C19H25N3O2. The highest BCUT2D eigenvalue weighted by atomic mass is 16.5. The Morgan fingerprint density at radius 1 is 1.12 bits per heavy atom. The van der Waals surface area contributed by atoms with Gasteiger partial charge in [0.25, 0.3) is 0 Å². The van der Waals surface area contributed by atoms with Crippen molar-refractivity contribution in [1.82, 2.24) is 15.3 Å². The molecule has 24 heavy (non-hydrogen) atoms. The molecule has 0 aliphatic heterocycles. The van der Waals surface area contributed by atoms with Crippen LogP contribution < -0.4 is 10.1 Å². The number of amides is 1. The van der Waals surface area contributed by atoms with Crippen molar-refractivity contribution in [2.45, 2.75) is 57.4 Å². The van der Waals surface area contributed by atoms with E-state index in [1.54, 1.807) is 7.11 Å². The summed E-state index contributed by atoms with van der Waals surface area (Å²) in [6, 6.07) is 8.04. The van der Waals surface area contributed by atoms with Crippen molar-refractivity contribution in [2.24, 2.45) is 0 Å². The molecule has 3 rings (SSSR count). The molecule has 1 amide bonds. The second kappa shape index (κ2) is 8.08. The third kappa shape index (κ3) is 4.22. The van der Waals surface area contributed by atoms with Gasteiger partial charge in [0.05, 0.1) is 18.1 Å². The molecule has 128 valence electrons. The first-order valence-corrected chi connectivity index (χ1v) is 8.85. The maximum atomic E-state index is 12.3. The van der Waals surface area contributed by atoms with E-state index in [1.165, 1.54) is 25.7 Å². The highest BCUT2D eigenvalue weighted by molar-refractivity contribution is 5.77. The highest BCUT2D eigenvalue weighted by Gasteiger charge is 2.16. The van der Waals surface area contributed by atoms with Gasteiger partial charge in [-0.3, -0.25) is 4.79 Å². The van der Waals surface area contributed by atoms with Crippen LogP contribution in [-0.2, 0) is 11.2 Å². The van der Waals surface area contributed by atoms with E-state index in [-0.39, 0.29) is 5.91 Å². The van der Waals surface area contributed by atoms with Gasteiger partial charge in [-0.2, -0.15) is 0 Å². The fourth-order valence-corrected chi connectivity index (χ4v) is 3.30. The van der Waals surface area contributed by atoms with Crippen molar-refractivity contribution in [3.63, 3.8) is 0 Å². The number of aromatic nitrogens is 2. The molecule has 1 saturated carbocycles. The lowest BCUT2D eigenvalue weighted by atomic mass is 10.1. The summed E-state index contributed by atoms with van der Waals surface area (Å²) in [5, 5.41) is 3.18. The standard InChI is InChI=1S/C19H25N3O2/c1-24-19-17(21-15-10-6-7-11-16(15)22-19)12-13-18(23)20-14-8-4-2-3-5-9-14/h6-7,10-11,14H,2-5,8-9,12-13H2,1H3,(H,20,23). The Morgan fingerprint density at radius 3 is 2.46 bits per heavy atom. The molecule has 1 N–H and O–H groups in total. The van der Waals surface area contributed by atoms with Crippen LogP contribution in [0.3, 0.4) is 0 Å². The van der Waals surface area contributed by atoms with E-state index < -0.39 is 0 Å². The van der Waals surface area contributed by atoms with Crippen LogP contribution in [0.1, 0.15) is 50.6 Å². The number of fused-ring (bicyclic) bond motifs is 1. The first-order chi connectivity index (χ1) is 11.8. The Morgan fingerprint density at radius 2 is 1.79 bits per heavy atom. The number of hydrogen-bond donors (Lipinski definition) is 1. The molecule has 1 aliphatic carbocycles. The molecule has 0 atom stereocenters. The number of aryl methyl sites for hydroxylation is 1. The lowest BCUT2D eigenvalue weighted by Crippen LogP contribution is -2.34. The average molecular weight is 327 g/mol. The number of rotatable bonds is 5. The molecule has 1 fully saturated rings. The zero-order chi connectivity index (χ0) is 16.8. The van der Waals surface area contributed by atoms with Crippen molar-refractivity contribution in [1.29, 1.82) is 0 Å². The van der Waals surface area contributed by atoms with Gasteiger partial charge in [-0.1, -0.05) is 37.8 Å². The van der Waals surface area contributed by atoms with Crippen molar-refractivity contribution in [3.8, 4) is 5.88 Å². The minimum atomic E-state index is 0.0962. The molecule has 0 bridgehead atoms. The average Bonchev–Trinajstić information content (AvgIpc) is 2.87. The monoisotopic (exact) mass is 327 g/mol. The van der Waals surface area contributed by atoms with E-state index in [1.807, 2.05) is 24.3 Å². The Balaban J connectivity index is 1.62. The molecule has 5 heteroatoms. The van der Waals surface area contributed by atoms with Gasteiger partial charge < -0.3 is 10.1 Å². The molecule has 0 spiro atoms. The quantitative estimate of drug-likeness (QED) is 0.855. The largest absolute Gasteiger partial charge is 0.480 e. The van der Waals surface area contributed by atoms with Crippen molar-refractivity contribution < 1.29 is 9.53 Å². The van der Waals surface area contributed by atoms with Gasteiger partial charge in [0.1, 0.15) is 5.69 Å². The van der Waals surface area contributed by atoms with Crippen LogP contribution in [-0.4, -0.2) is 29.0 Å². The number of nitrogens with zero attached hydrogens (tertiary/aromatic N) is 2. The highest BCUT2D eigenvalue weighted by Crippen LogP contribution is 2.20. The van der Waals surface area contributed by atoms with Crippen LogP contribution in [0.15, 0.2) is 24.3 Å². The van der Waals surface area contributed by atoms with Gasteiger partial charge >= 0.3 is 0 Å². The molecule has 1 heterocycles. The second-order valence-electron chi connectivity index (χ2n) is 6.42. The maximum Gasteiger partial charge on any atom is 0.235 e. The zero-order valence-corrected chi connectivity index (χ0v) is 14.3. The number of methoxy groups -OCH3 is 1. The number of carbonyl (C=O) groups excluding carboxylic acids is 1. The Kier molecular flexibility index (Phi) is 5.62. The molecule has 0 unspecified atom stereocenters. The van der Waals surface area contributed by atoms with Crippen molar-refractivity contribution >= 4 is 16.9 Å². The Labute approximate surface area is 142 Å². The summed E-state index contributed by atoms with van der Waals surface area (Å²) in [5.41, 5.74) is 2.38. The third-order valence-electron chi connectivity index (χ3n) is 4.61.